The molecule has 0 aromatic heterocycles. The van der Waals surface area contributed by atoms with Gasteiger partial charge in [0, 0.05) is 12.0 Å². The molecular formula is C30H38O17. The maximum Gasteiger partial charge on any atom is 0.331 e. The van der Waals surface area contributed by atoms with Crippen LogP contribution in [0, 0.1) is 11.8 Å². The first-order valence-corrected chi connectivity index (χ1v) is 15.0. The van der Waals surface area contributed by atoms with Gasteiger partial charge in [-0.2, -0.15) is 0 Å². The topological polar surface area (TPSA) is 267 Å². The van der Waals surface area contributed by atoms with Gasteiger partial charge in [0.25, 0.3) is 0 Å². The van der Waals surface area contributed by atoms with Crippen molar-refractivity contribution in [3.8, 4) is 11.5 Å². The zero-order chi connectivity index (χ0) is 33.8. The summed E-state index contributed by atoms with van der Waals surface area (Å²) in [4.78, 5) is 12.8. The number of rotatable bonds is 9. The summed E-state index contributed by atoms with van der Waals surface area (Å²) in [5.74, 6) is -3.09. The molecule has 1 unspecified atom stereocenters. The van der Waals surface area contributed by atoms with Crippen molar-refractivity contribution in [3.63, 3.8) is 0 Å². The third-order valence-corrected chi connectivity index (χ3v) is 9.34. The van der Waals surface area contributed by atoms with Crippen LogP contribution in [0.3, 0.4) is 0 Å². The summed E-state index contributed by atoms with van der Waals surface area (Å²) in [6, 6.07) is 3.88. The first-order valence-electron chi connectivity index (χ1n) is 15.0. The van der Waals surface area contributed by atoms with Crippen LogP contribution in [0.25, 0.3) is 6.08 Å². The zero-order valence-corrected chi connectivity index (χ0v) is 24.9. The Morgan fingerprint density at radius 1 is 0.894 bits per heavy atom. The van der Waals surface area contributed by atoms with Crippen LogP contribution < -0.4 is 0 Å². The van der Waals surface area contributed by atoms with Crippen molar-refractivity contribution in [2.45, 2.75) is 92.4 Å². The number of ether oxygens (including phenoxy) is 7. The average Bonchev–Trinajstić information content (AvgIpc) is 3.73. The van der Waals surface area contributed by atoms with Gasteiger partial charge in [0.2, 0.25) is 6.29 Å². The molecule has 1 aromatic carbocycles. The largest absolute Gasteiger partial charge is 0.504 e. The number of phenols is 2. The van der Waals surface area contributed by atoms with Crippen LogP contribution in [-0.4, -0.2) is 151 Å². The van der Waals surface area contributed by atoms with Crippen LogP contribution >= 0.6 is 0 Å². The molecule has 9 N–H and O–H groups in total. The first-order chi connectivity index (χ1) is 22.4. The molecule has 4 fully saturated rings. The molecule has 0 spiro atoms. The lowest BCUT2D eigenvalue weighted by Gasteiger charge is -2.44. The van der Waals surface area contributed by atoms with Crippen molar-refractivity contribution in [3.05, 3.63) is 42.2 Å². The van der Waals surface area contributed by atoms with Crippen LogP contribution in [0.15, 0.2) is 36.6 Å². The summed E-state index contributed by atoms with van der Waals surface area (Å²) in [5.41, 5.74) is -0.906. The number of carbonyl (C=O) groups is 1. The standard InChI is InChI=1S/C30H38O17/c1-11-19(36)22(39)25(44-17(35)5-3-12-2-4-14(33)15(34)8-12)29(42-11)45-24-13-6-7-41-27(18(13)30(10-32)26(24)47-30)46-28-23(40)21(38)20(37)16(9-31)43-28/h2-8,11,13,16,18-29,31-34,36-40H,9-10H2,1H3/b5-3+/t11-,13+,16+,18?,19-,20+,21-,22+,23+,24-,25+,26-,27-,28-,29-,30+/m0/s1. The van der Waals surface area contributed by atoms with E-state index in [9.17, 15) is 50.8 Å². The van der Waals surface area contributed by atoms with E-state index in [0.717, 1.165) is 6.08 Å². The number of fused-ring (bicyclic) bond motifs is 3. The summed E-state index contributed by atoms with van der Waals surface area (Å²) in [7, 11) is 0. The molecule has 0 bridgehead atoms. The van der Waals surface area contributed by atoms with E-state index in [2.05, 4.69) is 0 Å². The Labute approximate surface area is 267 Å². The van der Waals surface area contributed by atoms with Crippen LogP contribution in [0.1, 0.15) is 12.5 Å². The second kappa shape index (κ2) is 13.2. The fourth-order valence-corrected chi connectivity index (χ4v) is 6.68. The highest BCUT2D eigenvalue weighted by Gasteiger charge is 2.77. The number of esters is 1. The van der Waals surface area contributed by atoms with Gasteiger partial charge in [0.15, 0.2) is 30.2 Å². The molecule has 5 aliphatic rings. The second-order valence-electron chi connectivity index (χ2n) is 12.2. The Morgan fingerprint density at radius 3 is 2.36 bits per heavy atom. The Balaban J connectivity index is 1.19. The molecule has 16 atom stereocenters. The van der Waals surface area contributed by atoms with Gasteiger partial charge in [0.1, 0.15) is 48.3 Å². The Hall–Kier alpha value is -2.91. The van der Waals surface area contributed by atoms with E-state index in [1.54, 1.807) is 6.08 Å². The molecule has 1 aromatic rings. The summed E-state index contributed by atoms with van der Waals surface area (Å²) in [6.45, 7) is 0.303. The number of aliphatic hydroxyl groups excluding tert-OH is 7. The predicted octanol–water partition coefficient (Wildman–Crippen LogP) is -3.06. The molecule has 4 heterocycles. The summed E-state index contributed by atoms with van der Waals surface area (Å²) < 4.78 is 40.5. The minimum absolute atomic E-state index is 0.347. The van der Waals surface area contributed by atoms with Crippen LogP contribution in [0.2, 0.25) is 0 Å². The quantitative estimate of drug-likeness (QED) is 0.0546. The highest BCUT2D eigenvalue weighted by molar-refractivity contribution is 5.87. The third-order valence-electron chi connectivity index (χ3n) is 9.34. The van der Waals surface area contributed by atoms with E-state index >= 15 is 0 Å². The van der Waals surface area contributed by atoms with Gasteiger partial charge in [-0.25, -0.2) is 4.79 Å². The van der Waals surface area contributed by atoms with Gasteiger partial charge in [0.05, 0.1) is 37.6 Å². The minimum atomic E-state index is -1.72. The molecule has 1 aliphatic carbocycles. The van der Waals surface area contributed by atoms with Gasteiger partial charge in [-0.1, -0.05) is 6.07 Å². The van der Waals surface area contributed by atoms with Gasteiger partial charge in [-0.3, -0.25) is 0 Å². The van der Waals surface area contributed by atoms with Gasteiger partial charge >= 0.3 is 5.97 Å². The molecule has 17 nitrogen and oxygen atoms in total. The fourth-order valence-electron chi connectivity index (χ4n) is 6.68. The number of aliphatic hydroxyl groups is 7. The lowest BCUT2D eigenvalue weighted by molar-refractivity contribution is -0.347. The molecule has 260 valence electrons. The van der Waals surface area contributed by atoms with Crippen molar-refractivity contribution in [2.24, 2.45) is 11.8 Å². The van der Waals surface area contributed by atoms with Crippen LogP contribution in [0.4, 0.5) is 0 Å². The molecule has 0 radical (unpaired) electrons. The highest BCUT2D eigenvalue weighted by atomic mass is 16.8. The van der Waals surface area contributed by atoms with E-state index in [4.69, 9.17) is 33.2 Å². The normalized spacial score (nSPS) is 45.7. The van der Waals surface area contributed by atoms with E-state index in [1.807, 2.05) is 0 Å². The number of aromatic hydroxyl groups is 2. The molecule has 17 heteroatoms. The van der Waals surface area contributed by atoms with Crippen molar-refractivity contribution in [1.29, 1.82) is 0 Å². The SMILES string of the molecule is C[C@@H]1O[C@@H](O[C@H]2[C@@H]3C=CO[C@@H](O[C@@H]4O[C@H](CO)[C@@H](O)[C@H](O)[C@H]4O)C3[C@@]3(CO)O[C@@H]23)[C@H](OC(=O)/C=C/c2ccc(O)c(O)c2)[C@H](O)[C@H]1O. The fraction of sp³-hybridized carbons (Fsp3) is 0.633. The van der Waals surface area contributed by atoms with E-state index in [1.165, 1.54) is 37.5 Å². The summed E-state index contributed by atoms with van der Waals surface area (Å²) in [6.07, 6.45) is -12.5. The van der Waals surface area contributed by atoms with Crippen LogP contribution in [-0.2, 0) is 38.0 Å². The Morgan fingerprint density at radius 2 is 1.66 bits per heavy atom. The molecule has 0 amide bonds. The number of epoxide rings is 1. The first kappa shape index (κ1) is 34.0. The molecule has 1 saturated carbocycles. The lowest BCUT2D eigenvalue weighted by Crippen LogP contribution is -2.61. The summed E-state index contributed by atoms with van der Waals surface area (Å²) >= 11 is 0. The number of carbonyl (C=O) groups excluding carboxylic acids is 1. The highest BCUT2D eigenvalue weighted by Crippen LogP contribution is 2.61. The number of hydrogen-bond acceptors (Lipinski definition) is 17. The maximum atomic E-state index is 12.8. The monoisotopic (exact) mass is 670 g/mol. The maximum absolute atomic E-state index is 12.8. The summed E-state index contributed by atoms with van der Waals surface area (Å²) in [5, 5.41) is 91.4. The van der Waals surface area contributed by atoms with Gasteiger partial charge in [-0.15, -0.1) is 0 Å². The van der Waals surface area contributed by atoms with Gasteiger partial charge < -0.3 is 79.1 Å². The molecule has 4 aliphatic heterocycles. The Kier molecular flexibility index (Phi) is 9.53. The molecule has 3 saturated heterocycles. The average molecular weight is 671 g/mol. The predicted molar refractivity (Wildman–Crippen MR) is 150 cm³/mol. The molecule has 6 rings (SSSR count). The van der Waals surface area contributed by atoms with Gasteiger partial charge in [-0.05, 0) is 36.8 Å². The second-order valence-corrected chi connectivity index (χ2v) is 12.2. The molecule has 47 heavy (non-hydrogen) atoms. The lowest BCUT2D eigenvalue weighted by atomic mass is 9.85. The Bertz CT molecular complexity index is 1350. The van der Waals surface area contributed by atoms with Crippen molar-refractivity contribution >= 4 is 12.0 Å². The number of phenolic OH excluding ortho intramolecular Hbond substituents is 2. The number of benzene rings is 1. The smallest absolute Gasteiger partial charge is 0.331 e. The van der Waals surface area contributed by atoms with E-state index in [0.29, 0.717) is 5.56 Å². The van der Waals surface area contributed by atoms with E-state index < -0.39 is 122 Å². The number of hydrogen-bond donors (Lipinski definition) is 9. The van der Waals surface area contributed by atoms with Crippen LogP contribution in [0.5, 0.6) is 11.5 Å². The van der Waals surface area contributed by atoms with Crippen molar-refractivity contribution in [2.75, 3.05) is 13.2 Å². The van der Waals surface area contributed by atoms with Crippen molar-refractivity contribution in [1.82, 2.24) is 0 Å². The minimum Gasteiger partial charge on any atom is -0.504 e. The van der Waals surface area contributed by atoms with Crippen molar-refractivity contribution < 1.29 is 83.9 Å². The molecular weight excluding hydrogens is 632 g/mol. The zero-order valence-electron chi connectivity index (χ0n) is 24.9. The third kappa shape index (κ3) is 6.11. The van der Waals surface area contributed by atoms with E-state index in [-0.39, 0.29) is 5.75 Å².